The lowest BCUT2D eigenvalue weighted by molar-refractivity contribution is 0.467. The van der Waals surface area contributed by atoms with Gasteiger partial charge in [0.15, 0.2) is 0 Å². The van der Waals surface area contributed by atoms with Crippen molar-refractivity contribution < 1.29 is 0 Å². The normalized spacial score (nSPS) is 13.0. The Morgan fingerprint density at radius 1 is 1.47 bits per heavy atom. The van der Waals surface area contributed by atoms with Crippen molar-refractivity contribution in [2.24, 2.45) is 0 Å². The first-order valence-corrected chi connectivity index (χ1v) is 7.40. The Bertz CT molecular complexity index is 272. The van der Waals surface area contributed by atoms with Gasteiger partial charge in [-0.25, -0.2) is 0 Å². The molecule has 1 N–H and O–H groups in total. The number of aryl methyl sites for hydroxylation is 1. The van der Waals surface area contributed by atoms with Gasteiger partial charge in [-0.15, -0.1) is 11.3 Å². The molecule has 3 heteroatoms. The van der Waals surface area contributed by atoms with Crippen LogP contribution in [0.4, 0.5) is 0 Å². The molecule has 0 spiro atoms. The number of nitrogens with one attached hydrogen (secondary N) is 1. The lowest BCUT2D eigenvalue weighted by atomic mass is 10.1. The summed E-state index contributed by atoms with van der Waals surface area (Å²) in [6.45, 7) is 5.52. The van der Waals surface area contributed by atoms with Gasteiger partial charge < -0.3 is 5.32 Å². The summed E-state index contributed by atoms with van der Waals surface area (Å²) >= 11 is 5.43. The van der Waals surface area contributed by atoms with Gasteiger partial charge in [0.05, 0.1) is 0 Å². The Morgan fingerprint density at radius 2 is 2.27 bits per heavy atom. The zero-order valence-electron chi connectivity index (χ0n) is 9.55. The molecule has 1 unspecified atom stereocenters. The first-order chi connectivity index (χ1) is 7.27. The molecule has 1 aromatic rings. The number of halogens is 1. The predicted octanol–water partition coefficient (Wildman–Crippen LogP) is 4.22. The highest BCUT2D eigenvalue weighted by Crippen LogP contribution is 2.24. The molecule has 0 aromatic carbocycles. The van der Waals surface area contributed by atoms with Crippen LogP contribution in [0.2, 0.25) is 0 Å². The topological polar surface area (TPSA) is 12.0 Å². The molecule has 0 saturated heterocycles. The third-order valence-corrected chi connectivity index (χ3v) is 4.62. The lowest BCUT2D eigenvalue weighted by Crippen LogP contribution is -2.27. The maximum absolute atomic E-state index is 3.58. The van der Waals surface area contributed by atoms with E-state index in [1.165, 1.54) is 35.0 Å². The summed E-state index contributed by atoms with van der Waals surface area (Å²) in [6, 6.07) is 2.84. The lowest BCUT2D eigenvalue weighted by Gasteiger charge is -2.15. The van der Waals surface area contributed by atoms with Crippen molar-refractivity contribution in [1.29, 1.82) is 0 Å². The molecule has 0 amide bonds. The molecule has 1 rings (SSSR count). The monoisotopic (exact) mass is 289 g/mol. The average Bonchev–Trinajstić information content (AvgIpc) is 2.63. The van der Waals surface area contributed by atoms with Crippen LogP contribution in [0.5, 0.6) is 0 Å². The largest absolute Gasteiger partial charge is 0.314 e. The van der Waals surface area contributed by atoms with Crippen molar-refractivity contribution in [3.63, 3.8) is 0 Å². The van der Waals surface area contributed by atoms with Crippen molar-refractivity contribution in [2.45, 2.75) is 45.6 Å². The fourth-order valence-electron chi connectivity index (χ4n) is 1.75. The van der Waals surface area contributed by atoms with E-state index in [9.17, 15) is 0 Å². The molecule has 86 valence electrons. The smallest absolute Gasteiger partial charge is 0.0314 e. The molecule has 0 bridgehead atoms. The highest BCUT2D eigenvalue weighted by molar-refractivity contribution is 9.10. The van der Waals surface area contributed by atoms with Crippen LogP contribution in [0.1, 0.15) is 38.0 Å². The summed E-state index contributed by atoms with van der Waals surface area (Å²) in [6.07, 6.45) is 5.01. The van der Waals surface area contributed by atoms with E-state index in [2.05, 4.69) is 46.5 Å². The van der Waals surface area contributed by atoms with Gasteiger partial charge >= 0.3 is 0 Å². The van der Waals surface area contributed by atoms with Crippen molar-refractivity contribution >= 4 is 27.3 Å². The summed E-state index contributed by atoms with van der Waals surface area (Å²) in [5.41, 5.74) is 0. The predicted molar refractivity (Wildman–Crippen MR) is 72.7 cm³/mol. The van der Waals surface area contributed by atoms with Gasteiger partial charge in [0.1, 0.15) is 0 Å². The zero-order chi connectivity index (χ0) is 11.1. The molecule has 0 fully saturated rings. The maximum Gasteiger partial charge on any atom is 0.0314 e. The molecule has 0 saturated carbocycles. The first-order valence-electron chi connectivity index (χ1n) is 5.73. The molecule has 0 aliphatic carbocycles. The Hall–Kier alpha value is 0.140. The highest BCUT2D eigenvalue weighted by atomic mass is 79.9. The molecular formula is C12H20BrNS. The zero-order valence-corrected chi connectivity index (χ0v) is 12.0. The minimum atomic E-state index is 0.703. The van der Waals surface area contributed by atoms with Gasteiger partial charge in [0.2, 0.25) is 0 Å². The summed E-state index contributed by atoms with van der Waals surface area (Å²) in [5, 5.41) is 5.67. The second-order valence-corrected chi connectivity index (χ2v) is 5.60. The van der Waals surface area contributed by atoms with Crippen LogP contribution in [-0.4, -0.2) is 12.6 Å². The van der Waals surface area contributed by atoms with E-state index in [4.69, 9.17) is 0 Å². The summed E-state index contributed by atoms with van der Waals surface area (Å²) in [7, 11) is 0. The molecule has 0 radical (unpaired) electrons. The minimum Gasteiger partial charge on any atom is -0.314 e. The molecule has 1 aromatic heterocycles. The Kier molecular flexibility index (Phi) is 6.53. The molecule has 0 aliphatic rings. The Labute approximate surface area is 105 Å². The number of rotatable bonds is 7. The number of hydrogen-bond donors (Lipinski definition) is 1. The van der Waals surface area contributed by atoms with Crippen molar-refractivity contribution in [3.8, 4) is 0 Å². The van der Waals surface area contributed by atoms with Crippen molar-refractivity contribution in [1.82, 2.24) is 5.32 Å². The maximum atomic E-state index is 3.58. The van der Waals surface area contributed by atoms with Gasteiger partial charge in [-0.05, 0) is 59.6 Å². The molecule has 0 aliphatic heterocycles. The van der Waals surface area contributed by atoms with Gasteiger partial charge in [-0.2, -0.15) is 0 Å². The summed E-state index contributed by atoms with van der Waals surface area (Å²) in [4.78, 5) is 1.49. The van der Waals surface area contributed by atoms with Crippen LogP contribution in [0.3, 0.4) is 0 Å². The van der Waals surface area contributed by atoms with Crippen LogP contribution >= 0.6 is 27.3 Å². The third kappa shape index (κ3) is 4.66. The van der Waals surface area contributed by atoms with E-state index >= 15 is 0 Å². The summed E-state index contributed by atoms with van der Waals surface area (Å²) in [5.74, 6) is 0. The molecule has 1 nitrogen and oxygen atoms in total. The fourth-order valence-corrected chi connectivity index (χ4v) is 3.35. The first kappa shape index (κ1) is 13.2. The fraction of sp³-hybridized carbons (Fsp3) is 0.667. The van der Waals surface area contributed by atoms with E-state index in [0.29, 0.717) is 6.04 Å². The van der Waals surface area contributed by atoms with Gasteiger partial charge in [-0.3, -0.25) is 0 Å². The van der Waals surface area contributed by atoms with Gasteiger partial charge in [-0.1, -0.05) is 13.8 Å². The van der Waals surface area contributed by atoms with E-state index in [-0.39, 0.29) is 0 Å². The second-order valence-electron chi connectivity index (χ2n) is 3.75. The molecular weight excluding hydrogens is 270 g/mol. The van der Waals surface area contributed by atoms with E-state index in [0.717, 1.165) is 6.54 Å². The molecule has 15 heavy (non-hydrogen) atoms. The van der Waals surface area contributed by atoms with Crippen LogP contribution in [0, 0.1) is 0 Å². The van der Waals surface area contributed by atoms with E-state index < -0.39 is 0 Å². The Balaban J connectivity index is 2.23. The second kappa shape index (κ2) is 7.42. The van der Waals surface area contributed by atoms with Crippen molar-refractivity contribution in [2.75, 3.05) is 6.54 Å². The van der Waals surface area contributed by atoms with Crippen LogP contribution in [0.15, 0.2) is 15.9 Å². The van der Waals surface area contributed by atoms with Gasteiger partial charge in [0, 0.05) is 15.4 Å². The third-order valence-electron chi connectivity index (χ3n) is 2.63. The highest BCUT2D eigenvalue weighted by Gasteiger charge is 2.05. The SMILES string of the molecule is CCNC(CC)CCCc1sccc1Br. The standard InChI is InChI=1S/C12H20BrNS/c1-3-10(14-4-2)6-5-7-12-11(13)8-9-15-12/h8-10,14H,3-7H2,1-2H3. The quantitative estimate of drug-likeness (QED) is 0.792. The molecule has 1 atom stereocenters. The van der Waals surface area contributed by atoms with Gasteiger partial charge in [0.25, 0.3) is 0 Å². The van der Waals surface area contributed by atoms with Crippen LogP contribution < -0.4 is 5.32 Å². The van der Waals surface area contributed by atoms with Crippen LogP contribution in [0.25, 0.3) is 0 Å². The number of hydrogen-bond acceptors (Lipinski definition) is 2. The summed E-state index contributed by atoms with van der Waals surface area (Å²) < 4.78 is 1.28. The molecule has 1 heterocycles. The Morgan fingerprint density at radius 3 is 2.80 bits per heavy atom. The van der Waals surface area contributed by atoms with Crippen molar-refractivity contribution in [3.05, 3.63) is 20.8 Å². The number of thiophene rings is 1. The average molecular weight is 290 g/mol. The van der Waals surface area contributed by atoms with Crippen LogP contribution in [-0.2, 0) is 6.42 Å². The minimum absolute atomic E-state index is 0.703. The van der Waals surface area contributed by atoms with E-state index in [1.54, 1.807) is 0 Å². The van der Waals surface area contributed by atoms with E-state index in [1.807, 2.05) is 11.3 Å².